The molecule has 0 aliphatic heterocycles. The van der Waals surface area contributed by atoms with Crippen LogP contribution < -0.4 is 0 Å². The number of aromatic amines is 1. The van der Waals surface area contributed by atoms with Gasteiger partial charge in [0.2, 0.25) is 0 Å². The number of hydrogen-bond acceptors (Lipinski definition) is 3. The highest BCUT2D eigenvalue weighted by Crippen LogP contribution is 2.16. The van der Waals surface area contributed by atoms with E-state index in [2.05, 4.69) is 9.97 Å². The second-order valence-corrected chi connectivity index (χ2v) is 6.65. The molecule has 0 radical (unpaired) electrons. The van der Waals surface area contributed by atoms with Crippen LogP contribution in [0.5, 0.6) is 0 Å². The Labute approximate surface area is 119 Å². The van der Waals surface area contributed by atoms with Crippen molar-refractivity contribution < 1.29 is 8.42 Å². The first-order chi connectivity index (χ1) is 9.54. The molecule has 0 bridgehead atoms. The lowest BCUT2D eigenvalue weighted by atomic mass is 10.1. The topological polar surface area (TPSA) is 66.1 Å². The summed E-state index contributed by atoms with van der Waals surface area (Å²) in [6, 6.07) is 7.89. The zero-order valence-electron chi connectivity index (χ0n) is 11.7. The standard InChI is InChI=1S/C14H19N3O2S/c1-3-8-17(10-13-6-4-12(2)5-7-13)20(18,19)14-9-15-11-16-14/h4-7,9,11H,3,8,10H2,1-2H3,(H,15,16). The molecular formula is C14H19N3O2S. The summed E-state index contributed by atoms with van der Waals surface area (Å²) < 4.78 is 26.5. The Bertz CT molecular complexity index is 634. The molecule has 0 saturated carbocycles. The number of benzene rings is 1. The molecule has 1 aromatic heterocycles. The van der Waals surface area contributed by atoms with Crippen molar-refractivity contribution in [2.24, 2.45) is 0 Å². The van der Waals surface area contributed by atoms with Gasteiger partial charge in [-0.1, -0.05) is 36.8 Å². The smallest absolute Gasteiger partial charge is 0.260 e. The van der Waals surface area contributed by atoms with E-state index in [1.54, 1.807) is 0 Å². The maximum Gasteiger partial charge on any atom is 0.260 e. The molecule has 0 fully saturated rings. The average Bonchev–Trinajstić information content (AvgIpc) is 2.95. The molecule has 0 atom stereocenters. The largest absolute Gasteiger partial charge is 0.335 e. The fourth-order valence-electron chi connectivity index (χ4n) is 1.95. The average molecular weight is 293 g/mol. The third-order valence-corrected chi connectivity index (χ3v) is 4.81. The van der Waals surface area contributed by atoms with Crippen molar-refractivity contribution in [3.05, 3.63) is 47.9 Å². The first kappa shape index (κ1) is 14.7. The predicted octanol–water partition coefficient (Wildman–Crippen LogP) is 2.32. The minimum Gasteiger partial charge on any atom is -0.335 e. The van der Waals surface area contributed by atoms with Crippen molar-refractivity contribution in [1.29, 1.82) is 0 Å². The summed E-state index contributed by atoms with van der Waals surface area (Å²) in [5, 5.41) is 0.137. The third kappa shape index (κ3) is 3.26. The quantitative estimate of drug-likeness (QED) is 0.889. The lowest BCUT2D eigenvalue weighted by molar-refractivity contribution is 0.404. The van der Waals surface area contributed by atoms with Crippen LogP contribution in [0.1, 0.15) is 24.5 Å². The number of nitrogens with zero attached hydrogens (tertiary/aromatic N) is 2. The van der Waals surface area contributed by atoms with Gasteiger partial charge in [0.25, 0.3) is 10.0 Å². The fourth-order valence-corrected chi connectivity index (χ4v) is 3.37. The van der Waals surface area contributed by atoms with E-state index >= 15 is 0 Å². The molecule has 1 N–H and O–H groups in total. The molecule has 2 aromatic rings. The number of nitrogens with one attached hydrogen (secondary N) is 1. The molecule has 108 valence electrons. The second-order valence-electron chi connectivity index (χ2n) is 4.74. The minimum absolute atomic E-state index is 0.137. The van der Waals surface area contributed by atoms with Crippen LogP contribution in [0.25, 0.3) is 0 Å². The minimum atomic E-state index is -3.51. The summed E-state index contributed by atoms with van der Waals surface area (Å²) >= 11 is 0. The van der Waals surface area contributed by atoms with Crippen LogP contribution in [0, 0.1) is 6.92 Å². The van der Waals surface area contributed by atoms with Crippen LogP contribution in [0.4, 0.5) is 0 Å². The Balaban J connectivity index is 2.25. The van der Waals surface area contributed by atoms with Crippen molar-refractivity contribution in [2.75, 3.05) is 6.54 Å². The van der Waals surface area contributed by atoms with E-state index in [9.17, 15) is 8.42 Å². The van der Waals surface area contributed by atoms with E-state index < -0.39 is 10.0 Å². The Morgan fingerprint density at radius 1 is 1.25 bits per heavy atom. The molecule has 0 spiro atoms. The van der Waals surface area contributed by atoms with E-state index in [1.165, 1.54) is 16.8 Å². The van der Waals surface area contributed by atoms with Crippen molar-refractivity contribution in [1.82, 2.24) is 14.3 Å². The van der Waals surface area contributed by atoms with Gasteiger partial charge >= 0.3 is 0 Å². The highest BCUT2D eigenvalue weighted by molar-refractivity contribution is 7.89. The number of aryl methyl sites for hydroxylation is 1. The SMILES string of the molecule is CCCN(Cc1ccc(C)cc1)S(=O)(=O)c1cnc[nH]1. The van der Waals surface area contributed by atoms with Crippen LogP contribution in [0.3, 0.4) is 0 Å². The van der Waals surface area contributed by atoms with Gasteiger partial charge in [0.15, 0.2) is 5.03 Å². The molecular weight excluding hydrogens is 274 g/mol. The molecule has 1 heterocycles. The monoisotopic (exact) mass is 293 g/mol. The fraction of sp³-hybridized carbons (Fsp3) is 0.357. The zero-order chi connectivity index (χ0) is 14.6. The molecule has 0 aliphatic carbocycles. The normalized spacial score (nSPS) is 11.9. The van der Waals surface area contributed by atoms with Gasteiger partial charge in [-0.15, -0.1) is 0 Å². The maximum absolute atomic E-state index is 12.5. The van der Waals surface area contributed by atoms with Gasteiger partial charge < -0.3 is 4.98 Å². The van der Waals surface area contributed by atoms with Gasteiger partial charge in [-0.25, -0.2) is 13.4 Å². The van der Waals surface area contributed by atoms with Gasteiger partial charge in [-0.3, -0.25) is 0 Å². The van der Waals surface area contributed by atoms with E-state index in [0.29, 0.717) is 13.1 Å². The van der Waals surface area contributed by atoms with Crippen molar-refractivity contribution in [2.45, 2.75) is 31.8 Å². The van der Waals surface area contributed by atoms with E-state index in [4.69, 9.17) is 0 Å². The summed E-state index contributed by atoms with van der Waals surface area (Å²) in [7, 11) is -3.51. The van der Waals surface area contributed by atoms with E-state index in [1.807, 2.05) is 38.1 Å². The zero-order valence-corrected chi connectivity index (χ0v) is 12.5. The maximum atomic E-state index is 12.5. The molecule has 0 saturated heterocycles. The van der Waals surface area contributed by atoms with Crippen LogP contribution in [0.2, 0.25) is 0 Å². The highest BCUT2D eigenvalue weighted by Gasteiger charge is 2.25. The Morgan fingerprint density at radius 2 is 1.95 bits per heavy atom. The van der Waals surface area contributed by atoms with Crippen LogP contribution in [-0.4, -0.2) is 29.2 Å². The Hall–Kier alpha value is -1.66. The summed E-state index contributed by atoms with van der Waals surface area (Å²) in [5.41, 5.74) is 2.14. The number of aromatic nitrogens is 2. The number of H-pyrrole nitrogens is 1. The lowest BCUT2D eigenvalue weighted by Gasteiger charge is -2.20. The third-order valence-electron chi connectivity index (χ3n) is 3.04. The summed E-state index contributed by atoms with van der Waals surface area (Å²) in [4.78, 5) is 6.46. The number of sulfonamides is 1. The molecule has 0 unspecified atom stereocenters. The van der Waals surface area contributed by atoms with Crippen LogP contribution >= 0.6 is 0 Å². The lowest BCUT2D eigenvalue weighted by Crippen LogP contribution is -2.31. The summed E-state index contributed by atoms with van der Waals surface area (Å²) in [6.45, 7) is 4.82. The molecule has 5 nitrogen and oxygen atoms in total. The molecule has 0 aliphatic rings. The predicted molar refractivity (Wildman–Crippen MR) is 77.7 cm³/mol. The number of rotatable bonds is 6. The molecule has 6 heteroatoms. The summed E-state index contributed by atoms with van der Waals surface area (Å²) in [5.74, 6) is 0. The van der Waals surface area contributed by atoms with Gasteiger partial charge in [-0.2, -0.15) is 4.31 Å². The molecule has 20 heavy (non-hydrogen) atoms. The first-order valence-corrected chi connectivity index (χ1v) is 8.02. The van der Waals surface area contributed by atoms with Gasteiger partial charge in [0.1, 0.15) is 0 Å². The Kier molecular flexibility index (Phi) is 4.57. The first-order valence-electron chi connectivity index (χ1n) is 6.58. The second kappa shape index (κ2) is 6.19. The van der Waals surface area contributed by atoms with Gasteiger partial charge in [0.05, 0.1) is 12.5 Å². The molecule has 0 amide bonds. The van der Waals surface area contributed by atoms with Gasteiger partial charge in [0, 0.05) is 13.1 Å². The van der Waals surface area contributed by atoms with Crippen LogP contribution in [0.15, 0.2) is 41.8 Å². The number of imidazole rings is 1. The Morgan fingerprint density at radius 3 is 2.50 bits per heavy atom. The van der Waals surface area contributed by atoms with E-state index in [0.717, 1.165) is 17.5 Å². The highest BCUT2D eigenvalue weighted by atomic mass is 32.2. The van der Waals surface area contributed by atoms with Crippen LogP contribution in [-0.2, 0) is 16.6 Å². The van der Waals surface area contributed by atoms with Crippen molar-refractivity contribution in [3.8, 4) is 0 Å². The number of hydrogen-bond donors (Lipinski definition) is 1. The molecule has 1 aromatic carbocycles. The van der Waals surface area contributed by atoms with E-state index in [-0.39, 0.29) is 5.03 Å². The van der Waals surface area contributed by atoms with Crippen molar-refractivity contribution in [3.63, 3.8) is 0 Å². The van der Waals surface area contributed by atoms with Crippen molar-refractivity contribution >= 4 is 10.0 Å². The molecule has 2 rings (SSSR count). The summed E-state index contributed by atoms with van der Waals surface area (Å²) in [6.07, 6.45) is 3.48. The van der Waals surface area contributed by atoms with Gasteiger partial charge in [-0.05, 0) is 18.9 Å².